The topological polar surface area (TPSA) is 20.2 Å². The Balaban J connectivity index is 2.62. The molecule has 1 N–H and O–H groups in total. The highest BCUT2D eigenvalue weighted by Gasteiger charge is 1.97. The van der Waals surface area contributed by atoms with Crippen molar-refractivity contribution < 1.29 is 5.11 Å². The van der Waals surface area contributed by atoms with Crippen LogP contribution in [0, 0.1) is 0 Å². The van der Waals surface area contributed by atoms with Gasteiger partial charge in [0.25, 0.3) is 0 Å². The molecule has 0 radical (unpaired) electrons. The predicted molar refractivity (Wildman–Crippen MR) is 65.7 cm³/mol. The second-order valence-corrected chi connectivity index (χ2v) is 3.63. The quantitative estimate of drug-likeness (QED) is 0.556. The first kappa shape index (κ1) is 11.6. The number of benzene rings is 1. The van der Waals surface area contributed by atoms with Gasteiger partial charge < -0.3 is 5.11 Å². The van der Waals surface area contributed by atoms with Crippen LogP contribution >= 0.6 is 0 Å². The number of aliphatic hydroxyl groups excluding tert-OH is 1. The maximum absolute atomic E-state index is 9.61. The number of hydrogen-bond acceptors (Lipinski definition) is 1. The average Bonchev–Trinajstić information content (AvgIpc) is 2.27. The SMILES string of the molecule is C=C(/C=C(/O)CCCC)c1ccccc1. The van der Waals surface area contributed by atoms with Gasteiger partial charge in [0.2, 0.25) is 0 Å². The maximum Gasteiger partial charge on any atom is 0.0928 e. The van der Waals surface area contributed by atoms with Crippen LogP contribution in [-0.2, 0) is 0 Å². The van der Waals surface area contributed by atoms with E-state index in [1.54, 1.807) is 6.08 Å². The average molecular weight is 202 g/mol. The molecule has 0 spiro atoms. The van der Waals surface area contributed by atoms with Crippen molar-refractivity contribution in [2.75, 3.05) is 0 Å². The van der Waals surface area contributed by atoms with Crippen LogP contribution in [0.3, 0.4) is 0 Å². The zero-order valence-corrected chi connectivity index (χ0v) is 9.24. The van der Waals surface area contributed by atoms with Crippen molar-refractivity contribution in [3.8, 4) is 0 Å². The van der Waals surface area contributed by atoms with Crippen molar-refractivity contribution in [2.45, 2.75) is 26.2 Å². The molecule has 80 valence electrons. The molecule has 0 aliphatic rings. The zero-order chi connectivity index (χ0) is 11.1. The molecule has 0 heterocycles. The molecular formula is C14H18O. The van der Waals surface area contributed by atoms with E-state index < -0.39 is 0 Å². The molecule has 0 bridgehead atoms. The number of aliphatic hydroxyl groups is 1. The Morgan fingerprint density at radius 2 is 2.00 bits per heavy atom. The van der Waals surface area contributed by atoms with Crippen molar-refractivity contribution in [3.63, 3.8) is 0 Å². The summed E-state index contributed by atoms with van der Waals surface area (Å²) in [5.74, 6) is 0.422. The second kappa shape index (κ2) is 6.07. The van der Waals surface area contributed by atoms with Crippen LogP contribution in [0.25, 0.3) is 5.57 Å². The van der Waals surface area contributed by atoms with Gasteiger partial charge in [0, 0.05) is 6.42 Å². The Bertz CT molecular complexity index is 336. The smallest absolute Gasteiger partial charge is 0.0928 e. The molecule has 1 aromatic rings. The van der Waals surface area contributed by atoms with E-state index in [2.05, 4.69) is 13.5 Å². The summed E-state index contributed by atoms with van der Waals surface area (Å²) in [5.41, 5.74) is 1.92. The third kappa shape index (κ3) is 4.03. The maximum atomic E-state index is 9.61. The fourth-order valence-electron chi connectivity index (χ4n) is 1.37. The summed E-state index contributed by atoms with van der Waals surface area (Å²) in [5, 5.41) is 9.61. The van der Waals surface area contributed by atoms with Gasteiger partial charge in [0.1, 0.15) is 0 Å². The number of allylic oxidation sites excluding steroid dienone is 3. The normalized spacial score (nSPS) is 11.4. The van der Waals surface area contributed by atoms with Gasteiger partial charge in [-0.2, -0.15) is 0 Å². The molecule has 0 aromatic heterocycles. The summed E-state index contributed by atoms with van der Waals surface area (Å²) in [6, 6.07) is 9.89. The summed E-state index contributed by atoms with van der Waals surface area (Å²) in [7, 11) is 0. The van der Waals surface area contributed by atoms with E-state index in [1.165, 1.54) is 0 Å². The van der Waals surface area contributed by atoms with E-state index >= 15 is 0 Å². The molecule has 1 nitrogen and oxygen atoms in total. The fourth-order valence-corrected chi connectivity index (χ4v) is 1.37. The lowest BCUT2D eigenvalue weighted by molar-refractivity contribution is 0.384. The minimum atomic E-state index is 0.422. The Morgan fingerprint density at radius 3 is 2.60 bits per heavy atom. The van der Waals surface area contributed by atoms with E-state index in [4.69, 9.17) is 0 Å². The van der Waals surface area contributed by atoms with Crippen LogP contribution < -0.4 is 0 Å². The first-order valence-corrected chi connectivity index (χ1v) is 5.38. The molecule has 0 fully saturated rings. The summed E-state index contributed by atoms with van der Waals surface area (Å²) >= 11 is 0. The highest BCUT2D eigenvalue weighted by molar-refractivity contribution is 5.72. The Hall–Kier alpha value is -1.50. The summed E-state index contributed by atoms with van der Waals surface area (Å²) in [6.07, 6.45) is 4.60. The van der Waals surface area contributed by atoms with Gasteiger partial charge >= 0.3 is 0 Å². The van der Waals surface area contributed by atoms with E-state index in [0.717, 1.165) is 30.4 Å². The fraction of sp³-hybridized carbons (Fsp3) is 0.286. The van der Waals surface area contributed by atoms with Crippen LogP contribution in [0.2, 0.25) is 0 Å². The molecule has 0 unspecified atom stereocenters. The van der Waals surface area contributed by atoms with Crippen LogP contribution in [0.15, 0.2) is 48.7 Å². The van der Waals surface area contributed by atoms with E-state index in [-0.39, 0.29) is 0 Å². The molecule has 1 rings (SSSR count). The Kier molecular flexibility index (Phi) is 4.69. The first-order valence-electron chi connectivity index (χ1n) is 5.38. The zero-order valence-electron chi connectivity index (χ0n) is 9.24. The van der Waals surface area contributed by atoms with Crippen molar-refractivity contribution in [1.29, 1.82) is 0 Å². The molecule has 1 aromatic carbocycles. The molecule has 0 amide bonds. The van der Waals surface area contributed by atoms with Crippen LogP contribution in [-0.4, -0.2) is 5.11 Å². The second-order valence-electron chi connectivity index (χ2n) is 3.63. The van der Waals surface area contributed by atoms with E-state index in [9.17, 15) is 5.11 Å². The van der Waals surface area contributed by atoms with Crippen LogP contribution in [0.4, 0.5) is 0 Å². The van der Waals surface area contributed by atoms with Gasteiger partial charge in [-0.1, -0.05) is 50.3 Å². The van der Waals surface area contributed by atoms with Gasteiger partial charge in [-0.15, -0.1) is 0 Å². The molecule has 0 atom stereocenters. The number of rotatable bonds is 5. The Labute approximate surface area is 91.8 Å². The lowest BCUT2D eigenvalue weighted by Crippen LogP contribution is -1.84. The minimum absolute atomic E-state index is 0.422. The first-order chi connectivity index (χ1) is 7.24. The predicted octanol–water partition coefficient (Wildman–Crippen LogP) is 4.33. The molecule has 0 aliphatic carbocycles. The van der Waals surface area contributed by atoms with Gasteiger partial charge in [0.05, 0.1) is 5.76 Å². The molecular weight excluding hydrogens is 184 g/mol. The monoisotopic (exact) mass is 202 g/mol. The third-order valence-corrected chi connectivity index (χ3v) is 2.27. The van der Waals surface area contributed by atoms with Crippen molar-refractivity contribution in [3.05, 3.63) is 54.3 Å². The lowest BCUT2D eigenvalue weighted by atomic mass is 10.1. The summed E-state index contributed by atoms with van der Waals surface area (Å²) in [6.45, 7) is 6.05. The van der Waals surface area contributed by atoms with Gasteiger partial charge in [-0.3, -0.25) is 0 Å². The molecule has 15 heavy (non-hydrogen) atoms. The standard InChI is InChI=1S/C14H18O/c1-3-4-10-14(15)11-12(2)13-8-6-5-7-9-13/h5-9,11,15H,2-4,10H2,1H3/b14-11+. The third-order valence-electron chi connectivity index (χ3n) is 2.27. The summed E-state index contributed by atoms with van der Waals surface area (Å²) < 4.78 is 0. The van der Waals surface area contributed by atoms with Crippen molar-refractivity contribution >= 4 is 5.57 Å². The lowest BCUT2D eigenvalue weighted by Gasteiger charge is -2.02. The highest BCUT2D eigenvalue weighted by atomic mass is 16.3. The molecule has 1 heteroatoms. The molecule has 0 aliphatic heterocycles. The largest absolute Gasteiger partial charge is 0.512 e. The van der Waals surface area contributed by atoms with E-state index in [0.29, 0.717) is 5.76 Å². The summed E-state index contributed by atoms with van der Waals surface area (Å²) in [4.78, 5) is 0. The van der Waals surface area contributed by atoms with Crippen molar-refractivity contribution in [2.24, 2.45) is 0 Å². The Morgan fingerprint density at radius 1 is 1.33 bits per heavy atom. The van der Waals surface area contributed by atoms with Crippen LogP contribution in [0.1, 0.15) is 31.7 Å². The highest BCUT2D eigenvalue weighted by Crippen LogP contribution is 2.16. The van der Waals surface area contributed by atoms with Crippen molar-refractivity contribution in [1.82, 2.24) is 0 Å². The van der Waals surface area contributed by atoms with Gasteiger partial charge in [-0.05, 0) is 23.6 Å². The molecule has 0 saturated carbocycles. The number of unbranched alkanes of at least 4 members (excludes halogenated alkanes) is 1. The van der Waals surface area contributed by atoms with Crippen LogP contribution in [0.5, 0.6) is 0 Å². The van der Waals surface area contributed by atoms with Gasteiger partial charge in [0.15, 0.2) is 0 Å². The minimum Gasteiger partial charge on any atom is -0.512 e. The van der Waals surface area contributed by atoms with Gasteiger partial charge in [-0.25, -0.2) is 0 Å². The molecule has 0 saturated heterocycles. The number of hydrogen-bond donors (Lipinski definition) is 1. The van der Waals surface area contributed by atoms with E-state index in [1.807, 2.05) is 30.3 Å².